The van der Waals surface area contributed by atoms with Crippen molar-refractivity contribution in [3.8, 4) is 0 Å². The van der Waals surface area contributed by atoms with Gasteiger partial charge >= 0.3 is 0 Å². The fourth-order valence-corrected chi connectivity index (χ4v) is 2.64. The number of hydrogen-bond acceptors (Lipinski definition) is 4. The molecule has 1 unspecified atom stereocenters. The Balaban J connectivity index is 2.25. The maximum atomic E-state index is 5.12. The van der Waals surface area contributed by atoms with Crippen molar-refractivity contribution in [1.29, 1.82) is 0 Å². The number of hydrogen-bond donors (Lipinski definition) is 0. The zero-order chi connectivity index (χ0) is 13.1. The van der Waals surface area contributed by atoms with Crippen LogP contribution in [0.25, 0.3) is 11.0 Å². The normalized spacial score (nSPS) is 12.9. The Morgan fingerprint density at radius 2 is 2.28 bits per heavy atom. The van der Waals surface area contributed by atoms with E-state index in [2.05, 4.69) is 30.8 Å². The summed E-state index contributed by atoms with van der Waals surface area (Å²) in [6.45, 7) is 1.49. The van der Waals surface area contributed by atoms with Crippen molar-refractivity contribution < 1.29 is 4.74 Å². The van der Waals surface area contributed by atoms with E-state index in [-0.39, 0.29) is 4.83 Å². The predicted molar refractivity (Wildman–Crippen MR) is 76.4 cm³/mol. The van der Waals surface area contributed by atoms with Gasteiger partial charge < -0.3 is 14.2 Å². The number of alkyl halides is 1. The van der Waals surface area contributed by atoms with Crippen LogP contribution in [0.5, 0.6) is 0 Å². The summed E-state index contributed by atoms with van der Waals surface area (Å²) >= 11 is 3.59. The van der Waals surface area contributed by atoms with Gasteiger partial charge in [-0.2, -0.15) is 0 Å². The lowest BCUT2D eigenvalue weighted by Gasteiger charge is -2.21. The molecule has 0 aliphatic heterocycles. The molecule has 0 saturated carbocycles. The van der Waals surface area contributed by atoms with Gasteiger partial charge in [-0.05, 0) is 6.07 Å². The number of ether oxygens (including phenoxy) is 1. The van der Waals surface area contributed by atoms with E-state index in [1.807, 2.05) is 37.3 Å². The highest BCUT2D eigenvalue weighted by Crippen LogP contribution is 2.22. The van der Waals surface area contributed by atoms with Crippen LogP contribution >= 0.6 is 15.9 Å². The first-order valence-corrected chi connectivity index (χ1v) is 6.65. The Labute approximate surface area is 115 Å². The first-order valence-electron chi connectivity index (χ1n) is 5.73. The van der Waals surface area contributed by atoms with Gasteiger partial charge in [-0.3, -0.25) is 0 Å². The van der Waals surface area contributed by atoms with Gasteiger partial charge in [0.1, 0.15) is 5.52 Å². The molecule has 1 atom stereocenters. The van der Waals surface area contributed by atoms with Crippen molar-refractivity contribution in [2.45, 2.75) is 4.83 Å². The molecule has 2 rings (SSSR count). The standard InChI is InChI=1S/C12H17BrN4O/c1-16(6-9(13)7-18-3)12-11-10(4-5-14-12)17(2)8-15-11/h4-5,8-9H,6-7H2,1-3H3. The lowest BCUT2D eigenvalue weighted by Crippen LogP contribution is -2.29. The second-order valence-electron chi connectivity index (χ2n) is 4.29. The predicted octanol–water partition coefficient (Wildman–Crippen LogP) is 1.81. The van der Waals surface area contributed by atoms with Crippen molar-refractivity contribution in [2.24, 2.45) is 7.05 Å². The third kappa shape index (κ3) is 2.64. The van der Waals surface area contributed by atoms with E-state index in [1.165, 1.54) is 0 Å². The van der Waals surface area contributed by atoms with E-state index in [1.54, 1.807) is 7.11 Å². The number of pyridine rings is 1. The maximum absolute atomic E-state index is 5.12. The number of anilines is 1. The van der Waals surface area contributed by atoms with E-state index in [9.17, 15) is 0 Å². The largest absolute Gasteiger partial charge is 0.383 e. The Kier molecular flexibility index (Phi) is 4.19. The Morgan fingerprint density at radius 1 is 1.50 bits per heavy atom. The average molecular weight is 313 g/mol. The molecule has 0 spiro atoms. The van der Waals surface area contributed by atoms with Crippen LogP contribution in [0, 0.1) is 0 Å². The number of imidazole rings is 1. The third-order valence-corrected chi connectivity index (χ3v) is 3.36. The molecule has 18 heavy (non-hydrogen) atoms. The van der Waals surface area contributed by atoms with Gasteiger partial charge in [-0.1, -0.05) is 15.9 Å². The minimum atomic E-state index is 0.272. The van der Waals surface area contributed by atoms with Gasteiger partial charge in [0.15, 0.2) is 5.82 Å². The van der Waals surface area contributed by atoms with Gasteiger partial charge in [0.2, 0.25) is 0 Å². The first-order chi connectivity index (χ1) is 8.63. The molecule has 98 valence electrons. The zero-order valence-electron chi connectivity index (χ0n) is 10.8. The topological polar surface area (TPSA) is 43.2 Å². The number of aromatic nitrogens is 3. The molecule has 0 aliphatic rings. The Morgan fingerprint density at radius 3 is 3.00 bits per heavy atom. The summed E-state index contributed by atoms with van der Waals surface area (Å²) in [5.41, 5.74) is 2.02. The zero-order valence-corrected chi connectivity index (χ0v) is 12.4. The van der Waals surface area contributed by atoms with Crippen LogP contribution in [0.15, 0.2) is 18.6 Å². The van der Waals surface area contributed by atoms with Crippen LogP contribution in [0.4, 0.5) is 5.82 Å². The Hall–Kier alpha value is -1.14. The lowest BCUT2D eigenvalue weighted by atomic mass is 10.3. The number of aryl methyl sites for hydroxylation is 1. The molecule has 0 radical (unpaired) electrons. The molecule has 5 nitrogen and oxygen atoms in total. The summed E-state index contributed by atoms with van der Waals surface area (Å²) in [5, 5.41) is 0. The second-order valence-corrected chi connectivity index (χ2v) is 5.59. The number of fused-ring (bicyclic) bond motifs is 1. The summed E-state index contributed by atoms with van der Waals surface area (Å²) in [6.07, 6.45) is 3.62. The van der Waals surface area contributed by atoms with E-state index in [4.69, 9.17) is 4.74 Å². The van der Waals surface area contributed by atoms with Gasteiger partial charge in [-0.25, -0.2) is 9.97 Å². The van der Waals surface area contributed by atoms with Crippen molar-refractivity contribution in [3.05, 3.63) is 18.6 Å². The molecule has 0 aliphatic carbocycles. The first kappa shape index (κ1) is 13.3. The molecule has 0 bridgehead atoms. The molecule has 6 heteroatoms. The van der Waals surface area contributed by atoms with E-state index < -0.39 is 0 Å². The summed E-state index contributed by atoms with van der Waals surface area (Å²) in [4.78, 5) is 11.2. The van der Waals surface area contributed by atoms with Crippen LogP contribution in [0.2, 0.25) is 0 Å². The quantitative estimate of drug-likeness (QED) is 0.790. The van der Waals surface area contributed by atoms with Crippen molar-refractivity contribution in [3.63, 3.8) is 0 Å². The molecule has 2 heterocycles. The summed E-state index contributed by atoms with van der Waals surface area (Å²) in [7, 11) is 5.70. The molecule has 0 saturated heterocycles. The Bertz CT molecular complexity index is 528. The highest BCUT2D eigenvalue weighted by atomic mass is 79.9. The average Bonchev–Trinajstić information content (AvgIpc) is 2.71. The molecule has 0 fully saturated rings. The SMILES string of the molecule is COCC(Br)CN(C)c1nccc2c1ncn2C. The summed E-state index contributed by atoms with van der Waals surface area (Å²) < 4.78 is 7.11. The molecular weight excluding hydrogens is 296 g/mol. The molecule has 2 aromatic rings. The third-order valence-electron chi connectivity index (χ3n) is 2.80. The van der Waals surface area contributed by atoms with Crippen LogP contribution in [0.3, 0.4) is 0 Å². The van der Waals surface area contributed by atoms with Crippen molar-refractivity contribution in [2.75, 3.05) is 32.2 Å². The molecule has 0 amide bonds. The van der Waals surface area contributed by atoms with Gasteiger partial charge in [0, 0.05) is 33.9 Å². The van der Waals surface area contributed by atoms with E-state index in [0.29, 0.717) is 6.61 Å². The lowest BCUT2D eigenvalue weighted by molar-refractivity contribution is 0.201. The van der Waals surface area contributed by atoms with Crippen molar-refractivity contribution in [1.82, 2.24) is 14.5 Å². The fourth-order valence-electron chi connectivity index (χ4n) is 1.94. The minimum absolute atomic E-state index is 0.272. The molecule has 2 aromatic heterocycles. The fraction of sp³-hybridized carbons (Fsp3) is 0.500. The van der Waals surface area contributed by atoms with Gasteiger partial charge in [0.05, 0.1) is 23.3 Å². The number of halogens is 1. The van der Waals surface area contributed by atoms with E-state index in [0.717, 1.165) is 23.4 Å². The van der Waals surface area contributed by atoms with Crippen LogP contribution < -0.4 is 4.90 Å². The number of methoxy groups -OCH3 is 1. The molecule has 0 N–H and O–H groups in total. The number of rotatable bonds is 5. The summed E-state index contributed by atoms with van der Waals surface area (Å²) in [5.74, 6) is 0.897. The summed E-state index contributed by atoms with van der Waals surface area (Å²) in [6, 6.07) is 1.97. The van der Waals surface area contributed by atoms with Crippen LogP contribution in [0.1, 0.15) is 0 Å². The smallest absolute Gasteiger partial charge is 0.156 e. The van der Waals surface area contributed by atoms with E-state index >= 15 is 0 Å². The minimum Gasteiger partial charge on any atom is -0.383 e. The monoisotopic (exact) mass is 312 g/mol. The second kappa shape index (κ2) is 5.67. The highest BCUT2D eigenvalue weighted by Gasteiger charge is 2.14. The van der Waals surface area contributed by atoms with Gasteiger partial charge in [-0.15, -0.1) is 0 Å². The van der Waals surface area contributed by atoms with Crippen molar-refractivity contribution >= 4 is 32.8 Å². The number of nitrogens with zero attached hydrogens (tertiary/aromatic N) is 4. The van der Waals surface area contributed by atoms with Crippen LogP contribution in [-0.2, 0) is 11.8 Å². The van der Waals surface area contributed by atoms with Gasteiger partial charge in [0.25, 0.3) is 0 Å². The molecular formula is C12H17BrN4O. The molecule has 0 aromatic carbocycles. The van der Waals surface area contributed by atoms with Crippen LogP contribution in [-0.4, -0.2) is 46.7 Å². The highest BCUT2D eigenvalue weighted by molar-refractivity contribution is 9.09. The maximum Gasteiger partial charge on any atom is 0.156 e.